The van der Waals surface area contributed by atoms with Crippen LogP contribution in [0.15, 0.2) is 127 Å². The van der Waals surface area contributed by atoms with Crippen molar-refractivity contribution in [2.75, 3.05) is 33.9 Å². The summed E-state index contributed by atoms with van der Waals surface area (Å²) in [5, 5.41) is 27.4. The predicted octanol–water partition coefficient (Wildman–Crippen LogP) is 27.6. The van der Waals surface area contributed by atoms with Gasteiger partial charge >= 0.3 is 29.8 Å². The van der Waals surface area contributed by atoms with E-state index in [9.17, 15) is 34.2 Å². The van der Waals surface area contributed by atoms with E-state index in [1.54, 1.807) is 12.1 Å². The van der Waals surface area contributed by atoms with Crippen LogP contribution in [0.2, 0.25) is 0 Å². The molecule has 0 bridgehead atoms. The number of aliphatic carboxylic acids is 1. The summed E-state index contributed by atoms with van der Waals surface area (Å²) in [6.07, 6.45) is 43.2. The Bertz CT molecular complexity index is 5260. The van der Waals surface area contributed by atoms with Gasteiger partial charge in [-0.05, 0) is 462 Å². The molecule has 135 heavy (non-hydrogen) atoms. The van der Waals surface area contributed by atoms with Gasteiger partial charge in [-0.15, -0.1) is 0 Å². The second-order valence-corrected chi connectivity index (χ2v) is 52.8. The highest BCUT2D eigenvalue weighted by molar-refractivity contribution is 5.91. The maximum Gasteiger partial charge on any atom is 0.337 e. The predicted molar refractivity (Wildman–Crippen MR) is 545 cm³/mol. The van der Waals surface area contributed by atoms with Crippen LogP contribution < -0.4 is 16.4 Å². The highest BCUT2D eigenvalue weighted by atomic mass is 16.5. The van der Waals surface area contributed by atoms with Crippen LogP contribution in [-0.2, 0) is 23.8 Å². The van der Waals surface area contributed by atoms with Crippen molar-refractivity contribution in [2.45, 2.75) is 334 Å². The molecule has 0 aromatic heterocycles. The van der Waals surface area contributed by atoms with E-state index in [1.807, 2.05) is 43.3 Å². The molecule has 736 valence electrons. The fourth-order valence-corrected chi connectivity index (χ4v) is 39.5. The van der Waals surface area contributed by atoms with E-state index in [2.05, 4.69) is 197 Å². The Morgan fingerprint density at radius 2 is 0.704 bits per heavy atom. The highest BCUT2D eigenvalue weighted by Crippen LogP contribution is 2.82. The number of nitrogens with one attached hydrogen (secondary N) is 2. The number of esters is 3. The summed E-state index contributed by atoms with van der Waals surface area (Å²) in [7, 11) is 2.89. The van der Waals surface area contributed by atoms with Gasteiger partial charge < -0.3 is 40.8 Å². The van der Waals surface area contributed by atoms with Gasteiger partial charge in [0, 0.05) is 16.6 Å². The number of rotatable bonds is 18. The van der Waals surface area contributed by atoms with Gasteiger partial charge in [0.05, 0.1) is 49.4 Å². The van der Waals surface area contributed by atoms with Gasteiger partial charge in [-0.3, -0.25) is 9.59 Å². The first-order valence-electron chi connectivity index (χ1n) is 54.0. The maximum atomic E-state index is 12.5. The number of methoxy groups -OCH3 is 2. The van der Waals surface area contributed by atoms with Crippen LogP contribution in [-0.4, -0.2) is 90.6 Å². The van der Waals surface area contributed by atoms with Gasteiger partial charge in [0.25, 0.3) is 0 Å². The number of hydrogen-bond acceptors (Lipinski definition) is 11. The molecule has 3 aromatic carbocycles. The molecule has 20 rings (SSSR count). The van der Waals surface area contributed by atoms with Crippen molar-refractivity contribution < 1.29 is 48.4 Å². The molecule has 0 aliphatic heterocycles. The number of allylic oxidation sites excluding steroid dienone is 9. The first kappa shape index (κ1) is 98.5. The zero-order chi connectivity index (χ0) is 97.1. The van der Waals surface area contributed by atoms with Crippen molar-refractivity contribution in [3.63, 3.8) is 0 Å². The van der Waals surface area contributed by atoms with E-state index < -0.39 is 11.9 Å². The summed E-state index contributed by atoms with van der Waals surface area (Å²) in [6, 6.07) is 23.8. The molecule has 4 unspecified atom stereocenters. The van der Waals surface area contributed by atoms with Crippen molar-refractivity contribution in [3.8, 4) is 0 Å². The Hall–Kier alpha value is -6.67. The summed E-state index contributed by atoms with van der Waals surface area (Å²) < 4.78 is 15.3. The largest absolute Gasteiger partial charge is 0.481 e. The number of carbonyl (C=O) groups excluding carboxylic acids is 3. The number of fused-ring (bicyclic) bond motifs is 21. The maximum absolute atomic E-state index is 12.5. The van der Waals surface area contributed by atoms with Gasteiger partial charge in [0.1, 0.15) is 0 Å². The quantitative estimate of drug-likeness (QED) is 0.0458. The van der Waals surface area contributed by atoms with E-state index in [0.717, 1.165) is 51.1 Å². The monoisotopic (exact) mass is 1840 g/mol. The van der Waals surface area contributed by atoms with Crippen molar-refractivity contribution in [1.82, 2.24) is 10.6 Å². The zero-order valence-electron chi connectivity index (χ0n) is 87.1. The number of nitrogens with two attached hydrogens (primary N) is 1. The Balaban J connectivity index is 0.000000136. The summed E-state index contributed by atoms with van der Waals surface area (Å²) >= 11 is 0. The molecule has 0 spiro atoms. The molecular formula is C122H173N3O10. The molecule has 0 radical (unpaired) electrons. The highest BCUT2D eigenvalue weighted by Gasteiger charge is 2.76. The Morgan fingerprint density at radius 1 is 0.378 bits per heavy atom. The van der Waals surface area contributed by atoms with Gasteiger partial charge in [0.2, 0.25) is 0 Å². The number of carbonyl (C=O) groups is 5. The van der Waals surface area contributed by atoms with Crippen LogP contribution in [0.3, 0.4) is 0 Å². The molecule has 17 aliphatic rings. The molecule has 0 amide bonds. The van der Waals surface area contributed by atoms with E-state index in [0.29, 0.717) is 139 Å². The topological polar surface area (TPSA) is 204 Å². The number of benzene rings is 3. The number of carboxylic acids is 2. The molecule has 0 saturated heterocycles. The minimum absolute atomic E-state index is 0.00507. The summed E-state index contributed by atoms with van der Waals surface area (Å²) in [4.78, 5) is 59.8. The lowest BCUT2D eigenvalue weighted by atomic mass is 9.33. The molecule has 13 nitrogen and oxygen atoms in total. The van der Waals surface area contributed by atoms with Gasteiger partial charge in [-0.2, -0.15) is 0 Å². The van der Waals surface area contributed by atoms with Crippen molar-refractivity contribution in [3.05, 3.63) is 161 Å². The smallest absolute Gasteiger partial charge is 0.337 e. The second kappa shape index (κ2) is 34.3. The summed E-state index contributed by atoms with van der Waals surface area (Å²) in [5.41, 5.74) is 23.9. The lowest BCUT2D eigenvalue weighted by molar-refractivity contribution is -0.219. The first-order chi connectivity index (χ1) is 63.5. The number of aromatic carboxylic acids is 1. The summed E-state index contributed by atoms with van der Waals surface area (Å²) in [5.74, 6) is 8.14. The lowest BCUT2D eigenvalue weighted by Crippen LogP contribution is -2.68. The number of carboxylic acid groups (broad SMARTS) is 2. The third-order valence-corrected chi connectivity index (χ3v) is 46.9. The second-order valence-electron chi connectivity index (χ2n) is 52.8. The number of ether oxygens (including phenoxy) is 3. The van der Waals surface area contributed by atoms with Crippen LogP contribution in [0.5, 0.6) is 0 Å². The molecule has 6 N–H and O–H groups in total. The minimum atomic E-state index is -0.871. The van der Waals surface area contributed by atoms with Crippen LogP contribution in [0.25, 0.3) is 16.7 Å². The van der Waals surface area contributed by atoms with Crippen LogP contribution in [0.4, 0.5) is 0 Å². The van der Waals surface area contributed by atoms with Crippen molar-refractivity contribution >= 4 is 46.6 Å². The zero-order valence-corrected chi connectivity index (χ0v) is 87.1. The van der Waals surface area contributed by atoms with Crippen LogP contribution in [0.1, 0.15) is 366 Å². The molecule has 14 fully saturated rings. The van der Waals surface area contributed by atoms with E-state index in [1.165, 1.54) is 218 Å². The van der Waals surface area contributed by atoms with E-state index >= 15 is 0 Å². The van der Waals surface area contributed by atoms with Crippen molar-refractivity contribution in [1.29, 1.82) is 0 Å². The molecule has 0 heterocycles. The molecule has 3 aromatic rings. The molecule has 13 heteroatoms. The minimum Gasteiger partial charge on any atom is -0.481 e. The average molecular weight is 1840 g/mol. The SMILES string of the molecule is C=C(C)[C@@H]1CC[C@]2(N)CC[C@]3(C)[C@H](CC[C@@H]4[C@@]5(C)CC=C(c6ccc(C(=O)OC)cc6)C(C)(C)[C@@H]5CC[C@]43C)[C@@H]12.C=C(C)[C@@H]1CC[C@]2(NCC3CC3C(=O)O)CC[C@]3(C)[C@H](CC[C@@H]4[C@@]5(C)CC=C(c6ccc(C(=O)O)cc6)C(C)(C)[C@@H]5CC[C@]43C)[C@@H]12.C=C(C)[C@@H]1CC[C@]2(NCC3CC3C(=O)OCC)CC[C@]3(C)[C@H](CC[C@@H]4[C@@]5(C)CC=C(c6ccc(C(=O)OC)cc6)C(C)(C)[C@@H]5CC[C@]43C)[C@@H]12. The van der Waals surface area contributed by atoms with Crippen LogP contribution >= 0.6 is 0 Å². The van der Waals surface area contributed by atoms with Gasteiger partial charge in [-0.1, -0.05) is 195 Å². The third kappa shape index (κ3) is 15.0. The van der Waals surface area contributed by atoms with Crippen molar-refractivity contribution in [2.24, 2.45) is 183 Å². The Kier molecular flexibility index (Phi) is 25.0. The van der Waals surface area contributed by atoms with Gasteiger partial charge in [0.15, 0.2) is 0 Å². The van der Waals surface area contributed by atoms with E-state index in [4.69, 9.17) is 19.9 Å². The van der Waals surface area contributed by atoms with E-state index in [-0.39, 0.29) is 90.2 Å². The molecular weight excluding hydrogens is 1670 g/mol. The molecule has 31 atom stereocenters. The Labute approximate surface area is 812 Å². The fourth-order valence-electron chi connectivity index (χ4n) is 39.5. The third-order valence-electron chi connectivity index (χ3n) is 46.9. The molecule has 17 aliphatic carbocycles. The Morgan fingerprint density at radius 3 is 1.04 bits per heavy atom. The van der Waals surface area contributed by atoms with Crippen LogP contribution in [0, 0.1) is 177 Å². The number of hydrogen-bond donors (Lipinski definition) is 5. The lowest BCUT2D eigenvalue weighted by Gasteiger charge is -2.72. The standard InChI is InChI=1S/C44H63NO4.C41H57NO4.C37H53NO2/c1-10-49-39(47)32-25-30(32)26-45-44-22-17-31(27(2)3)37(44)34-15-16-36-41(6)20-18-33(28-11-13-29(14-12-28)38(46)48-9)40(4,5)35(41)19-21-43(36,8)42(34,7)23-24-44;1-24(2)28-14-19-41(42-23-27-22-29(27)36(45)46)21-20-39(6)31(34(28)41)12-13-33-38(5)17-15-30(25-8-10-26(11-9-25)35(43)44)37(3,4)32(38)16-18-40(33,39)7;1-23(2)26-15-20-37(38)22-21-35(6)28(31(26)37)13-14-30-34(5)18-16-27(24-9-11-25(12-10-24)32(39)40-8)33(3,4)29(34)17-19-36(30,35)7/h11-14,18,30-32,34-37,45H,2,10,15-17,19-26H2,1,3-9H3;8-11,15,27-29,31-34,42H,1,12-14,16-23H2,2-7H3,(H,43,44)(H,45,46);9-12,16,26,28-31H,1,13-15,17-22,38H2,2-8H3/t30?,31-,32?,34+,35-,36+,37+,41-,42+,43+,44-;27?,28-,29?,31+,32-,33+,34+,38-,39+,40+,41-;26-,28+,29-,30+,31+,34-,35+,36+,37-/m000/s1. The molecule has 14 saturated carbocycles. The normalized spacial score (nSPS) is 44.5. The fraction of sp³-hybridized carbons (Fsp3) is 0.713. The van der Waals surface area contributed by atoms with Gasteiger partial charge in [-0.25, -0.2) is 14.4 Å². The average Bonchev–Trinajstić information content (AvgIpc) is 1.66. The first-order valence-corrected chi connectivity index (χ1v) is 54.0. The summed E-state index contributed by atoms with van der Waals surface area (Å²) in [6.45, 7) is 63.6.